The molecular weight excluding hydrogens is 248 g/mol. The van der Waals surface area contributed by atoms with Gasteiger partial charge in [0.05, 0.1) is 5.66 Å². The van der Waals surface area contributed by atoms with Crippen LogP contribution in [0.25, 0.3) is 0 Å². The van der Waals surface area contributed by atoms with E-state index in [9.17, 15) is 0 Å². The third kappa shape index (κ3) is 8.20. The van der Waals surface area contributed by atoms with Gasteiger partial charge in [-0.3, -0.25) is 0 Å². The topological polar surface area (TPSA) is 76.1 Å². The Morgan fingerprint density at radius 2 is 1.45 bits per heavy atom. The van der Waals surface area contributed by atoms with Crippen molar-refractivity contribution in [1.82, 2.24) is 10.6 Å². The zero-order valence-corrected chi connectivity index (χ0v) is 14.2. The summed E-state index contributed by atoms with van der Waals surface area (Å²) in [5, 5.41) is 6.58. The van der Waals surface area contributed by atoms with Gasteiger partial charge in [-0.2, -0.15) is 0 Å². The Labute approximate surface area is 126 Å². The predicted octanol–water partition coefficient (Wildman–Crippen LogP) is 2.33. The summed E-state index contributed by atoms with van der Waals surface area (Å²) in [7, 11) is 4.00. The summed E-state index contributed by atoms with van der Waals surface area (Å²) >= 11 is 0. The van der Waals surface area contributed by atoms with E-state index in [1.165, 1.54) is 38.5 Å². The molecular formula is C16H38N4. The zero-order valence-electron chi connectivity index (χ0n) is 14.2. The van der Waals surface area contributed by atoms with Gasteiger partial charge in [-0.1, -0.05) is 46.0 Å². The first-order valence-electron chi connectivity index (χ1n) is 8.44. The smallest absolute Gasteiger partial charge is 0.0794 e. The maximum atomic E-state index is 6.21. The van der Waals surface area contributed by atoms with E-state index in [1.807, 2.05) is 7.05 Å². The van der Waals surface area contributed by atoms with Gasteiger partial charge in [-0.05, 0) is 39.8 Å². The number of hydrogen-bond donors (Lipinski definition) is 4. The van der Waals surface area contributed by atoms with Gasteiger partial charge in [0.15, 0.2) is 0 Å². The lowest BCUT2D eigenvalue weighted by Gasteiger charge is -2.33. The molecule has 4 heteroatoms. The van der Waals surface area contributed by atoms with Gasteiger partial charge in [0, 0.05) is 12.1 Å². The van der Waals surface area contributed by atoms with E-state index in [0.717, 1.165) is 19.3 Å². The highest BCUT2D eigenvalue weighted by molar-refractivity contribution is 4.89. The molecule has 0 fully saturated rings. The van der Waals surface area contributed by atoms with E-state index in [-0.39, 0.29) is 6.04 Å². The van der Waals surface area contributed by atoms with Crippen LogP contribution in [0.1, 0.15) is 71.6 Å². The number of rotatable bonds is 13. The highest BCUT2D eigenvalue weighted by Gasteiger charge is 2.27. The molecule has 4 nitrogen and oxygen atoms in total. The maximum Gasteiger partial charge on any atom is 0.0794 e. The molecule has 0 rings (SSSR count). The summed E-state index contributed by atoms with van der Waals surface area (Å²) in [4.78, 5) is 0. The standard InChI is InChI=1S/C16H38N4/c1-5-14(19-3)12-10-8-7-9-11-13-16(17,18)15(6-2)20-4/h14-15,19-20H,5-13,17-18H2,1-4H3. The molecule has 2 atom stereocenters. The van der Waals surface area contributed by atoms with Crippen LogP contribution >= 0.6 is 0 Å². The Hall–Kier alpha value is -0.160. The first kappa shape index (κ1) is 19.8. The molecule has 20 heavy (non-hydrogen) atoms. The van der Waals surface area contributed by atoms with Gasteiger partial charge < -0.3 is 22.1 Å². The Morgan fingerprint density at radius 3 is 1.95 bits per heavy atom. The largest absolute Gasteiger partial charge is 0.317 e. The van der Waals surface area contributed by atoms with Crippen LogP contribution in [0.3, 0.4) is 0 Å². The third-order valence-electron chi connectivity index (χ3n) is 4.47. The van der Waals surface area contributed by atoms with E-state index in [2.05, 4.69) is 31.5 Å². The van der Waals surface area contributed by atoms with Gasteiger partial charge in [0.25, 0.3) is 0 Å². The summed E-state index contributed by atoms with van der Waals surface area (Å²) in [5.41, 5.74) is 11.8. The SMILES string of the molecule is CCC(CCCCCCCC(N)(N)C(CC)NC)NC. The van der Waals surface area contributed by atoms with E-state index in [1.54, 1.807) is 0 Å². The first-order valence-corrected chi connectivity index (χ1v) is 8.44. The fraction of sp³-hybridized carbons (Fsp3) is 1.00. The van der Waals surface area contributed by atoms with Crippen LogP contribution in [0.15, 0.2) is 0 Å². The molecule has 0 heterocycles. The minimum Gasteiger partial charge on any atom is -0.317 e. The Kier molecular flexibility index (Phi) is 11.4. The lowest BCUT2D eigenvalue weighted by Crippen LogP contribution is -2.62. The summed E-state index contributed by atoms with van der Waals surface area (Å²) in [5.74, 6) is 0. The average Bonchev–Trinajstić information content (AvgIpc) is 2.43. The number of unbranched alkanes of at least 4 members (excludes halogenated alkanes) is 4. The monoisotopic (exact) mass is 286 g/mol. The predicted molar refractivity (Wildman–Crippen MR) is 89.7 cm³/mol. The van der Waals surface area contributed by atoms with Crippen LogP contribution in [-0.4, -0.2) is 31.8 Å². The molecule has 2 unspecified atom stereocenters. The van der Waals surface area contributed by atoms with Crippen molar-refractivity contribution in [3.63, 3.8) is 0 Å². The van der Waals surface area contributed by atoms with Crippen molar-refractivity contribution in [3.05, 3.63) is 0 Å². The fourth-order valence-electron chi connectivity index (χ4n) is 2.93. The van der Waals surface area contributed by atoms with Crippen molar-refractivity contribution in [2.24, 2.45) is 11.5 Å². The lowest BCUT2D eigenvalue weighted by atomic mass is 9.93. The van der Waals surface area contributed by atoms with E-state index >= 15 is 0 Å². The highest BCUT2D eigenvalue weighted by Crippen LogP contribution is 2.15. The van der Waals surface area contributed by atoms with Gasteiger partial charge in [0.2, 0.25) is 0 Å². The van der Waals surface area contributed by atoms with Crippen molar-refractivity contribution in [2.45, 2.75) is 89.4 Å². The molecule has 0 amide bonds. The van der Waals surface area contributed by atoms with Crippen molar-refractivity contribution >= 4 is 0 Å². The number of likely N-dealkylation sites (N-methyl/N-ethyl adjacent to an activating group) is 1. The van der Waals surface area contributed by atoms with Crippen LogP contribution < -0.4 is 22.1 Å². The van der Waals surface area contributed by atoms with Crippen molar-refractivity contribution in [1.29, 1.82) is 0 Å². The molecule has 122 valence electrons. The minimum absolute atomic E-state index is 0.212. The first-order chi connectivity index (χ1) is 9.51. The molecule has 0 aliphatic carbocycles. The zero-order chi connectivity index (χ0) is 15.4. The Balaban J connectivity index is 3.61. The number of nitrogens with two attached hydrogens (primary N) is 2. The van der Waals surface area contributed by atoms with Crippen LogP contribution in [0.5, 0.6) is 0 Å². The minimum atomic E-state index is -0.567. The molecule has 0 aliphatic heterocycles. The third-order valence-corrected chi connectivity index (χ3v) is 4.47. The molecule has 0 radical (unpaired) electrons. The second-order valence-corrected chi connectivity index (χ2v) is 6.06. The molecule has 6 N–H and O–H groups in total. The molecule has 0 bridgehead atoms. The van der Waals surface area contributed by atoms with Crippen molar-refractivity contribution < 1.29 is 0 Å². The highest BCUT2D eigenvalue weighted by atomic mass is 15.1. The van der Waals surface area contributed by atoms with E-state index in [0.29, 0.717) is 6.04 Å². The Bertz CT molecular complexity index is 211. The van der Waals surface area contributed by atoms with Crippen LogP contribution in [0.4, 0.5) is 0 Å². The normalized spacial score (nSPS) is 15.3. The van der Waals surface area contributed by atoms with Crippen molar-refractivity contribution in [2.75, 3.05) is 14.1 Å². The second-order valence-electron chi connectivity index (χ2n) is 6.06. The fourth-order valence-corrected chi connectivity index (χ4v) is 2.93. The van der Waals surface area contributed by atoms with E-state index < -0.39 is 5.66 Å². The molecule has 0 saturated carbocycles. The molecule has 0 aromatic rings. The average molecular weight is 287 g/mol. The molecule has 0 aromatic carbocycles. The second kappa shape index (κ2) is 11.5. The van der Waals surface area contributed by atoms with Crippen LogP contribution in [0, 0.1) is 0 Å². The molecule has 0 spiro atoms. The summed E-state index contributed by atoms with van der Waals surface area (Å²) < 4.78 is 0. The van der Waals surface area contributed by atoms with Gasteiger partial charge in [-0.25, -0.2) is 0 Å². The van der Waals surface area contributed by atoms with Gasteiger partial charge in [0.1, 0.15) is 0 Å². The molecule has 0 saturated heterocycles. The summed E-state index contributed by atoms with van der Waals surface area (Å²) in [6.45, 7) is 4.37. The van der Waals surface area contributed by atoms with E-state index in [4.69, 9.17) is 11.5 Å². The Morgan fingerprint density at radius 1 is 0.850 bits per heavy atom. The molecule has 0 aliphatic rings. The van der Waals surface area contributed by atoms with Crippen LogP contribution in [-0.2, 0) is 0 Å². The van der Waals surface area contributed by atoms with Gasteiger partial charge >= 0.3 is 0 Å². The summed E-state index contributed by atoms with van der Waals surface area (Å²) in [6, 6.07) is 0.903. The quantitative estimate of drug-likeness (QED) is 0.310. The number of nitrogens with one attached hydrogen (secondary N) is 2. The van der Waals surface area contributed by atoms with Gasteiger partial charge in [-0.15, -0.1) is 0 Å². The van der Waals surface area contributed by atoms with Crippen molar-refractivity contribution in [3.8, 4) is 0 Å². The summed E-state index contributed by atoms with van der Waals surface area (Å²) in [6.07, 6.45) is 10.7. The molecule has 0 aromatic heterocycles. The maximum absolute atomic E-state index is 6.21. The number of hydrogen-bond acceptors (Lipinski definition) is 4. The lowest BCUT2D eigenvalue weighted by molar-refractivity contribution is 0.279. The van der Waals surface area contributed by atoms with Crippen LogP contribution in [0.2, 0.25) is 0 Å².